The average molecular weight is 238 g/mol. The lowest BCUT2D eigenvalue weighted by molar-refractivity contribution is 0.104. The highest BCUT2D eigenvalue weighted by molar-refractivity contribution is 6.26. The molecule has 0 atom stereocenters. The molecule has 92 valence electrons. The first kappa shape index (κ1) is 12.6. The summed E-state index contributed by atoms with van der Waals surface area (Å²) < 4.78 is 0. The second-order valence-corrected chi connectivity index (χ2v) is 5.63. The molecule has 18 heavy (non-hydrogen) atoms. The summed E-state index contributed by atoms with van der Waals surface area (Å²) in [7, 11) is 0. The van der Waals surface area contributed by atoms with Crippen LogP contribution in [0.1, 0.15) is 42.3 Å². The largest absolute Gasteiger partial charge is 0.289 e. The second-order valence-electron chi connectivity index (χ2n) is 5.63. The van der Waals surface area contributed by atoms with E-state index in [1.165, 1.54) is 5.56 Å². The Labute approximate surface area is 109 Å². The maximum absolute atomic E-state index is 12.2. The van der Waals surface area contributed by atoms with Crippen LogP contribution < -0.4 is 0 Å². The molecule has 0 bridgehead atoms. The third-order valence-electron chi connectivity index (χ3n) is 3.30. The molecule has 1 aromatic carbocycles. The van der Waals surface area contributed by atoms with Gasteiger partial charge in [0.15, 0.2) is 5.78 Å². The first-order valence-electron chi connectivity index (χ1n) is 6.08. The molecule has 0 aliphatic heterocycles. The standard InChI is InChI=1S/C17H18O/c1-6-7-13-11(2)16(18)15-10-12(17(3,4)5)8-9-14(13)15/h6-10H,1-2H2,3-5H3/b13-7+. The van der Waals surface area contributed by atoms with Gasteiger partial charge in [0.2, 0.25) is 0 Å². The van der Waals surface area contributed by atoms with Crippen molar-refractivity contribution in [2.75, 3.05) is 0 Å². The topological polar surface area (TPSA) is 17.1 Å². The molecule has 0 radical (unpaired) electrons. The van der Waals surface area contributed by atoms with Gasteiger partial charge in [-0.15, -0.1) is 0 Å². The van der Waals surface area contributed by atoms with Crippen LogP contribution in [0.25, 0.3) is 5.57 Å². The summed E-state index contributed by atoms with van der Waals surface area (Å²) in [5.41, 5.74) is 4.41. The van der Waals surface area contributed by atoms with Gasteiger partial charge in [0, 0.05) is 11.1 Å². The molecule has 0 unspecified atom stereocenters. The van der Waals surface area contributed by atoms with Crippen molar-refractivity contribution < 1.29 is 4.79 Å². The quantitative estimate of drug-likeness (QED) is 0.666. The van der Waals surface area contributed by atoms with Crippen molar-refractivity contribution in [1.29, 1.82) is 0 Å². The molecule has 0 amide bonds. The molecule has 0 N–H and O–H groups in total. The fourth-order valence-electron chi connectivity index (χ4n) is 2.19. The molecule has 1 aliphatic rings. The minimum atomic E-state index is 0.0317. The molecular formula is C17H18O. The van der Waals surface area contributed by atoms with Gasteiger partial charge in [0.1, 0.15) is 0 Å². The zero-order valence-electron chi connectivity index (χ0n) is 11.2. The van der Waals surface area contributed by atoms with Crippen molar-refractivity contribution in [3.63, 3.8) is 0 Å². The molecular weight excluding hydrogens is 220 g/mol. The molecule has 0 aromatic heterocycles. The Morgan fingerprint density at radius 3 is 2.39 bits per heavy atom. The fourth-order valence-corrected chi connectivity index (χ4v) is 2.19. The van der Waals surface area contributed by atoms with Crippen molar-refractivity contribution in [2.24, 2.45) is 0 Å². The monoisotopic (exact) mass is 238 g/mol. The average Bonchev–Trinajstić information content (AvgIpc) is 2.54. The predicted molar refractivity (Wildman–Crippen MR) is 76.8 cm³/mol. The van der Waals surface area contributed by atoms with E-state index in [1.54, 1.807) is 6.08 Å². The van der Waals surface area contributed by atoms with Gasteiger partial charge >= 0.3 is 0 Å². The first-order chi connectivity index (χ1) is 8.36. The van der Waals surface area contributed by atoms with E-state index in [1.807, 2.05) is 18.2 Å². The van der Waals surface area contributed by atoms with E-state index in [-0.39, 0.29) is 11.2 Å². The highest BCUT2D eigenvalue weighted by Crippen LogP contribution is 2.37. The Morgan fingerprint density at radius 2 is 1.83 bits per heavy atom. The SMILES string of the molecule is C=C/C=C1\C(=C)C(=O)c2cc(C(C)(C)C)ccc21. The number of hydrogen-bond donors (Lipinski definition) is 0. The summed E-state index contributed by atoms with van der Waals surface area (Å²) in [5.74, 6) is 0.0317. The van der Waals surface area contributed by atoms with Gasteiger partial charge in [-0.25, -0.2) is 0 Å². The van der Waals surface area contributed by atoms with Crippen LogP contribution in [0.3, 0.4) is 0 Å². The normalized spacial score (nSPS) is 17.2. The molecule has 1 heteroatoms. The van der Waals surface area contributed by atoms with Gasteiger partial charge in [-0.3, -0.25) is 4.79 Å². The summed E-state index contributed by atoms with van der Waals surface area (Å²) in [6.45, 7) is 14.0. The third-order valence-corrected chi connectivity index (χ3v) is 3.30. The van der Waals surface area contributed by atoms with Crippen LogP contribution in [0.2, 0.25) is 0 Å². The van der Waals surface area contributed by atoms with E-state index < -0.39 is 0 Å². The van der Waals surface area contributed by atoms with Gasteiger partial charge < -0.3 is 0 Å². The van der Waals surface area contributed by atoms with Crippen LogP contribution in [-0.2, 0) is 5.41 Å². The number of rotatable bonds is 1. The molecule has 1 nitrogen and oxygen atoms in total. The number of fused-ring (bicyclic) bond motifs is 1. The lowest BCUT2D eigenvalue weighted by atomic mass is 9.85. The Balaban J connectivity index is 2.64. The minimum Gasteiger partial charge on any atom is -0.289 e. The summed E-state index contributed by atoms with van der Waals surface area (Å²) in [5, 5.41) is 0. The van der Waals surface area contributed by atoms with Gasteiger partial charge in [0.25, 0.3) is 0 Å². The number of carbonyl (C=O) groups excluding carboxylic acids is 1. The summed E-state index contributed by atoms with van der Waals surface area (Å²) in [6.07, 6.45) is 3.55. The lowest BCUT2D eigenvalue weighted by Gasteiger charge is -2.19. The van der Waals surface area contributed by atoms with E-state index >= 15 is 0 Å². The van der Waals surface area contributed by atoms with Crippen molar-refractivity contribution in [2.45, 2.75) is 26.2 Å². The van der Waals surface area contributed by atoms with E-state index in [9.17, 15) is 4.79 Å². The number of allylic oxidation sites excluding steroid dienone is 4. The highest BCUT2D eigenvalue weighted by Gasteiger charge is 2.29. The highest BCUT2D eigenvalue weighted by atomic mass is 16.1. The number of Topliss-reactive ketones (excluding diaryl/α,β-unsaturated/α-hetero) is 1. The molecule has 2 rings (SSSR count). The molecule has 0 saturated carbocycles. The van der Waals surface area contributed by atoms with Crippen molar-refractivity contribution in [1.82, 2.24) is 0 Å². The number of benzene rings is 1. The minimum absolute atomic E-state index is 0.0317. The zero-order chi connectivity index (χ0) is 13.5. The van der Waals surface area contributed by atoms with E-state index in [0.717, 1.165) is 16.7 Å². The smallest absolute Gasteiger partial charge is 0.193 e. The Kier molecular flexibility index (Phi) is 2.86. The maximum Gasteiger partial charge on any atom is 0.193 e. The van der Waals surface area contributed by atoms with Crippen molar-refractivity contribution in [3.05, 3.63) is 65.8 Å². The summed E-state index contributed by atoms with van der Waals surface area (Å²) in [4.78, 5) is 12.2. The number of hydrogen-bond acceptors (Lipinski definition) is 1. The van der Waals surface area contributed by atoms with Crippen molar-refractivity contribution in [3.8, 4) is 0 Å². The van der Waals surface area contributed by atoms with Crippen LogP contribution >= 0.6 is 0 Å². The van der Waals surface area contributed by atoms with E-state index in [0.29, 0.717) is 5.57 Å². The van der Waals surface area contributed by atoms with E-state index in [4.69, 9.17) is 0 Å². The zero-order valence-corrected chi connectivity index (χ0v) is 11.2. The van der Waals surface area contributed by atoms with Gasteiger partial charge in [-0.05, 0) is 28.2 Å². The van der Waals surface area contributed by atoms with Crippen LogP contribution in [0.4, 0.5) is 0 Å². The predicted octanol–water partition coefficient (Wildman–Crippen LogP) is 4.31. The lowest BCUT2D eigenvalue weighted by Crippen LogP contribution is -2.11. The first-order valence-corrected chi connectivity index (χ1v) is 6.08. The Hall–Kier alpha value is -1.89. The molecule has 1 aromatic rings. The van der Waals surface area contributed by atoms with Gasteiger partial charge in [-0.2, -0.15) is 0 Å². The number of carbonyl (C=O) groups is 1. The second kappa shape index (κ2) is 4.09. The Bertz CT molecular complexity index is 580. The fraction of sp³-hybridized carbons (Fsp3) is 0.235. The third kappa shape index (κ3) is 1.86. The van der Waals surface area contributed by atoms with Crippen molar-refractivity contribution >= 4 is 11.4 Å². The number of ketones is 1. The van der Waals surface area contributed by atoms with Crippen LogP contribution in [0.5, 0.6) is 0 Å². The molecule has 0 heterocycles. The summed E-state index contributed by atoms with van der Waals surface area (Å²) in [6, 6.07) is 6.09. The van der Waals surface area contributed by atoms with Crippen LogP contribution in [-0.4, -0.2) is 5.78 Å². The Morgan fingerprint density at radius 1 is 1.17 bits per heavy atom. The maximum atomic E-state index is 12.2. The molecule has 0 saturated heterocycles. The van der Waals surface area contributed by atoms with Crippen LogP contribution in [0.15, 0.2) is 49.1 Å². The van der Waals surface area contributed by atoms with Gasteiger partial charge in [0.05, 0.1) is 0 Å². The molecule has 0 spiro atoms. The molecule has 0 fully saturated rings. The van der Waals surface area contributed by atoms with Gasteiger partial charge in [-0.1, -0.05) is 58.2 Å². The van der Waals surface area contributed by atoms with E-state index in [2.05, 4.69) is 40.0 Å². The molecule has 1 aliphatic carbocycles. The summed E-state index contributed by atoms with van der Waals surface area (Å²) >= 11 is 0. The van der Waals surface area contributed by atoms with Crippen LogP contribution in [0, 0.1) is 0 Å².